The van der Waals surface area contributed by atoms with Crippen molar-refractivity contribution in [2.45, 2.75) is 32.4 Å². The van der Waals surface area contributed by atoms with Gasteiger partial charge in [0, 0.05) is 18.6 Å². The van der Waals surface area contributed by atoms with Crippen LogP contribution in [-0.4, -0.2) is 25.2 Å². The molecule has 2 unspecified atom stereocenters. The molecule has 17 heavy (non-hydrogen) atoms. The highest BCUT2D eigenvalue weighted by Gasteiger charge is 2.49. The number of rotatable bonds is 3. The predicted octanol–water partition coefficient (Wildman–Crippen LogP) is 1.87. The van der Waals surface area contributed by atoms with E-state index in [1.165, 1.54) is 11.3 Å². The van der Waals surface area contributed by atoms with E-state index in [2.05, 4.69) is 19.2 Å². The molecule has 2 rings (SSSR count). The fourth-order valence-corrected chi connectivity index (χ4v) is 2.98. The van der Waals surface area contributed by atoms with E-state index in [4.69, 9.17) is 10.5 Å². The molecule has 0 bridgehead atoms. The van der Waals surface area contributed by atoms with Crippen molar-refractivity contribution in [2.75, 3.05) is 12.8 Å². The number of hydrogen-bond donors (Lipinski definition) is 2. The summed E-state index contributed by atoms with van der Waals surface area (Å²) in [5, 5.41) is 4.85. The van der Waals surface area contributed by atoms with Crippen molar-refractivity contribution in [3.8, 4) is 0 Å². The summed E-state index contributed by atoms with van der Waals surface area (Å²) in [5.41, 5.74) is 6.25. The maximum Gasteiger partial charge on any atom is 0.263 e. The lowest BCUT2D eigenvalue weighted by atomic mass is 9.64. The van der Waals surface area contributed by atoms with Crippen LogP contribution in [0.2, 0.25) is 0 Å². The largest absolute Gasteiger partial charge is 0.397 e. The second-order valence-corrected chi connectivity index (χ2v) is 5.93. The van der Waals surface area contributed by atoms with Crippen LogP contribution in [0.4, 0.5) is 5.69 Å². The number of ether oxygens (including phenoxy) is 1. The van der Waals surface area contributed by atoms with E-state index in [-0.39, 0.29) is 23.5 Å². The Kier molecular flexibility index (Phi) is 3.14. The summed E-state index contributed by atoms with van der Waals surface area (Å²) >= 11 is 1.37. The van der Waals surface area contributed by atoms with Crippen molar-refractivity contribution in [3.05, 3.63) is 16.3 Å². The first-order valence-electron chi connectivity index (χ1n) is 5.63. The summed E-state index contributed by atoms with van der Waals surface area (Å²) in [6.45, 7) is 4.21. The van der Waals surface area contributed by atoms with E-state index >= 15 is 0 Å². The molecule has 1 aliphatic carbocycles. The summed E-state index contributed by atoms with van der Waals surface area (Å²) in [4.78, 5) is 12.6. The highest BCUT2D eigenvalue weighted by atomic mass is 32.1. The minimum Gasteiger partial charge on any atom is -0.397 e. The smallest absolute Gasteiger partial charge is 0.263 e. The number of nitrogen functional groups attached to an aromatic ring is 1. The van der Waals surface area contributed by atoms with Crippen LogP contribution in [0.3, 0.4) is 0 Å². The van der Waals surface area contributed by atoms with Crippen LogP contribution in [-0.2, 0) is 4.74 Å². The van der Waals surface area contributed by atoms with Crippen LogP contribution >= 0.6 is 11.3 Å². The van der Waals surface area contributed by atoms with Gasteiger partial charge in [-0.25, -0.2) is 0 Å². The molecule has 0 spiro atoms. The van der Waals surface area contributed by atoms with E-state index in [1.807, 2.05) is 5.38 Å². The topological polar surface area (TPSA) is 64.3 Å². The van der Waals surface area contributed by atoms with Crippen molar-refractivity contribution in [1.82, 2.24) is 5.32 Å². The minimum atomic E-state index is -0.0786. The molecule has 1 heterocycles. The fourth-order valence-electron chi connectivity index (χ4n) is 2.26. The average Bonchev–Trinajstić information content (AvgIpc) is 2.69. The third-order valence-corrected chi connectivity index (χ3v) is 4.60. The molecule has 1 aromatic heterocycles. The molecule has 2 atom stereocenters. The first-order valence-corrected chi connectivity index (χ1v) is 6.51. The first kappa shape index (κ1) is 12.4. The van der Waals surface area contributed by atoms with E-state index in [1.54, 1.807) is 13.2 Å². The monoisotopic (exact) mass is 254 g/mol. The van der Waals surface area contributed by atoms with Gasteiger partial charge in [0.2, 0.25) is 0 Å². The Labute approximate surface area is 105 Å². The molecule has 5 heteroatoms. The van der Waals surface area contributed by atoms with E-state index < -0.39 is 0 Å². The van der Waals surface area contributed by atoms with E-state index in [0.29, 0.717) is 10.6 Å². The molecular formula is C12H18N2O2S. The molecule has 1 aliphatic rings. The zero-order chi connectivity index (χ0) is 12.6. The number of anilines is 1. The van der Waals surface area contributed by atoms with Crippen molar-refractivity contribution in [1.29, 1.82) is 0 Å². The Hall–Kier alpha value is -1.07. The molecule has 1 saturated carbocycles. The Balaban J connectivity index is 2.00. The lowest BCUT2D eigenvalue weighted by molar-refractivity contribution is -0.0942. The molecule has 0 radical (unpaired) electrons. The van der Waals surface area contributed by atoms with Crippen LogP contribution in [0.5, 0.6) is 0 Å². The second-order valence-electron chi connectivity index (χ2n) is 5.01. The summed E-state index contributed by atoms with van der Waals surface area (Å²) in [6, 6.07) is 1.91. The number of hydrogen-bond acceptors (Lipinski definition) is 4. The number of carbonyl (C=O) groups excluding carboxylic acids is 1. The third kappa shape index (κ3) is 2.05. The van der Waals surface area contributed by atoms with E-state index in [0.717, 1.165) is 6.42 Å². The van der Waals surface area contributed by atoms with Gasteiger partial charge in [-0.3, -0.25) is 4.79 Å². The highest BCUT2D eigenvalue weighted by molar-refractivity contribution is 7.12. The average molecular weight is 254 g/mol. The fraction of sp³-hybridized carbons (Fsp3) is 0.583. The summed E-state index contributed by atoms with van der Waals surface area (Å²) in [5.74, 6) is -0.0786. The van der Waals surface area contributed by atoms with Gasteiger partial charge in [-0.2, -0.15) is 0 Å². The quantitative estimate of drug-likeness (QED) is 0.865. The van der Waals surface area contributed by atoms with Crippen LogP contribution in [0.25, 0.3) is 0 Å². The Morgan fingerprint density at radius 1 is 1.65 bits per heavy atom. The molecule has 1 amide bonds. The van der Waals surface area contributed by atoms with Crippen LogP contribution in [0.15, 0.2) is 11.4 Å². The van der Waals surface area contributed by atoms with Crippen molar-refractivity contribution in [2.24, 2.45) is 5.41 Å². The van der Waals surface area contributed by atoms with Gasteiger partial charge in [0.25, 0.3) is 5.91 Å². The summed E-state index contributed by atoms with van der Waals surface area (Å²) < 4.78 is 5.35. The molecule has 0 aliphatic heterocycles. The SMILES string of the molecule is COC1CC(NC(=O)c2sccc2N)C1(C)C. The Bertz CT molecular complexity index is 428. The molecule has 3 N–H and O–H groups in total. The first-order chi connectivity index (χ1) is 7.96. The summed E-state index contributed by atoms with van der Waals surface area (Å²) in [7, 11) is 1.71. The predicted molar refractivity (Wildman–Crippen MR) is 69.2 cm³/mol. The number of amides is 1. The van der Waals surface area contributed by atoms with Crippen LogP contribution in [0.1, 0.15) is 29.9 Å². The van der Waals surface area contributed by atoms with Gasteiger partial charge >= 0.3 is 0 Å². The molecule has 0 aromatic carbocycles. The summed E-state index contributed by atoms with van der Waals surface area (Å²) in [6.07, 6.45) is 1.08. The number of carbonyl (C=O) groups is 1. The molecule has 94 valence electrons. The number of nitrogens with one attached hydrogen (secondary N) is 1. The number of methoxy groups -OCH3 is 1. The zero-order valence-corrected chi connectivity index (χ0v) is 11.1. The van der Waals surface area contributed by atoms with Crippen molar-refractivity contribution >= 4 is 22.9 Å². The van der Waals surface area contributed by atoms with Crippen molar-refractivity contribution < 1.29 is 9.53 Å². The highest BCUT2D eigenvalue weighted by Crippen LogP contribution is 2.42. The Morgan fingerprint density at radius 2 is 2.35 bits per heavy atom. The molecule has 1 aromatic rings. The second kappa shape index (κ2) is 4.31. The van der Waals surface area contributed by atoms with Gasteiger partial charge in [-0.05, 0) is 17.9 Å². The van der Waals surface area contributed by atoms with Gasteiger partial charge < -0.3 is 15.8 Å². The minimum absolute atomic E-state index is 0.0174. The third-order valence-electron chi connectivity index (χ3n) is 3.67. The van der Waals surface area contributed by atoms with Gasteiger partial charge in [-0.15, -0.1) is 11.3 Å². The normalized spacial score (nSPS) is 26.3. The molecular weight excluding hydrogens is 236 g/mol. The standard InChI is InChI=1S/C12H18N2O2S/c1-12(2)8(6-9(12)16-3)14-11(15)10-7(13)4-5-17-10/h4-5,8-9H,6,13H2,1-3H3,(H,14,15). The van der Waals surface area contributed by atoms with Gasteiger partial charge in [0.15, 0.2) is 0 Å². The molecule has 0 saturated heterocycles. The molecule has 4 nitrogen and oxygen atoms in total. The van der Waals surface area contributed by atoms with Crippen molar-refractivity contribution in [3.63, 3.8) is 0 Å². The Morgan fingerprint density at radius 3 is 2.82 bits per heavy atom. The number of thiophene rings is 1. The van der Waals surface area contributed by atoms with Gasteiger partial charge in [0.05, 0.1) is 11.8 Å². The van der Waals surface area contributed by atoms with E-state index in [9.17, 15) is 4.79 Å². The van der Waals surface area contributed by atoms with Gasteiger partial charge in [-0.1, -0.05) is 13.8 Å². The lowest BCUT2D eigenvalue weighted by Gasteiger charge is -2.51. The van der Waals surface area contributed by atoms with Crippen LogP contribution < -0.4 is 11.1 Å². The van der Waals surface area contributed by atoms with Crippen LogP contribution in [0, 0.1) is 5.41 Å². The lowest BCUT2D eigenvalue weighted by Crippen LogP contribution is -2.61. The maximum absolute atomic E-state index is 12.0. The number of nitrogens with two attached hydrogens (primary N) is 1. The maximum atomic E-state index is 12.0. The van der Waals surface area contributed by atoms with Gasteiger partial charge in [0.1, 0.15) is 4.88 Å². The zero-order valence-electron chi connectivity index (χ0n) is 10.3. The molecule has 1 fully saturated rings.